The molecule has 114 valence electrons. The van der Waals surface area contributed by atoms with Gasteiger partial charge in [-0.05, 0) is 32.0 Å². The summed E-state index contributed by atoms with van der Waals surface area (Å²) in [6.45, 7) is 5.10. The summed E-state index contributed by atoms with van der Waals surface area (Å²) >= 11 is 0. The predicted octanol–water partition coefficient (Wildman–Crippen LogP) is 1.60. The van der Waals surface area contributed by atoms with Crippen LogP contribution in [-0.2, 0) is 4.74 Å². The molecule has 0 saturated heterocycles. The summed E-state index contributed by atoms with van der Waals surface area (Å²) in [6, 6.07) is 7.03. The zero-order chi connectivity index (χ0) is 14.3. The molecule has 0 saturated carbocycles. The van der Waals surface area contributed by atoms with Gasteiger partial charge in [-0.3, -0.25) is 4.79 Å². The fourth-order valence-electron chi connectivity index (χ4n) is 1.38. The number of ether oxygens (including phenoxy) is 2. The lowest BCUT2D eigenvalue weighted by molar-refractivity contribution is 0.0945. The first-order valence-corrected chi connectivity index (χ1v) is 6.21. The zero-order valence-corrected chi connectivity index (χ0v) is 13.0. The van der Waals surface area contributed by atoms with E-state index in [1.54, 1.807) is 31.4 Å². The van der Waals surface area contributed by atoms with Gasteiger partial charge in [0.2, 0.25) is 0 Å². The zero-order valence-electron chi connectivity index (χ0n) is 12.1. The second-order valence-corrected chi connectivity index (χ2v) is 5.04. The highest BCUT2D eigenvalue weighted by Gasteiger charge is 2.13. The second kappa shape index (κ2) is 8.79. The summed E-state index contributed by atoms with van der Waals surface area (Å²) in [5, 5.41) is 2.79. The molecule has 1 rings (SSSR count). The van der Waals surface area contributed by atoms with E-state index in [0.29, 0.717) is 31.1 Å². The summed E-state index contributed by atoms with van der Waals surface area (Å²) < 4.78 is 10.4. The number of nitrogens with two attached hydrogens (primary N) is 1. The number of halogens is 1. The third-order valence-corrected chi connectivity index (χ3v) is 2.36. The standard InChI is InChI=1S/C14H22N2O3.ClH/c1-14(2,15)10-16-13(17)11-5-4-6-12(9-11)19-8-7-18-3;/h4-6,9H,7-8,10,15H2,1-3H3,(H,16,17);1H. The molecule has 3 N–H and O–H groups in total. The Morgan fingerprint density at radius 1 is 1.35 bits per heavy atom. The molecule has 1 amide bonds. The molecule has 0 unspecified atom stereocenters. The van der Waals surface area contributed by atoms with Gasteiger partial charge in [0.15, 0.2) is 0 Å². The van der Waals surface area contributed by atoms with Crippen molar-refractivity contribution < 1.29 is 14.3 Å². The van der Waals surface area contributed by atoms with E-state index in [1.165, 1.54) is 0 Å². The minimum atomic E-state index is -0.428. The van der Waals surface area contributed by atoms with Gasteiger partial charge in [-0.2, -0.15) is 0 Å². The Balaban J connectivity index is 0.00000361. The van der Waals surface area contributed by atoms with Crippen LogP contribution in [-0.4, -0.2) is 38.3 Å². The van der Waals surface area contributed by atoms with Crippen molar-refractivity contribution in [1.29, 1.82) is 0 Å². The first-order valence-electron chi connectivity index (χ1n) is 6.21. The average Bonchev–Trinajstić information content (AvgIpc) is 2.36. The van der Waals surface area contributed by atoms with Crippen molar-refractivity contribution in [2.75, 3.05) is 26.9 Å². The number of amides is 1. The molecule has 0 bridgehead atoms. The van der Waals surface area contributed by atoms with Crippen LogP contribution < -0.4 is 15.8 Å². The minimum Gasteiger partial charge on any atom is -0.491 e. The maximum absolute atomic E-state index is 11.9. The van der Waals surface area contributed by atoms with Gasteiger partial charge in [-0.15, -0.1) is 12.4 Å². The molecule has 0 atom stereocenters. The van der Waals surface area contributed by atoms with E-state index in [-0.39, 0.29) is 18.3 Å². The van der Waals surface area contributed by atoms with Gasteiger partial charge < -0.3 is 20.5 Å². The lowest BCUT2D eigenvalue weighted by atomic mass is 10.1. The molecule has 0 aliphatic rings. The quantitative estimate of drug-likeness (QED) is 0.750. The van der Waals surface area contributed by atoms with Crippen molar-refractivity contribution >= 4 is 18.3 Å². The second-order valence-electron chi connectivity index (χ2n) is 5.04. The Labute approximate surface area is 126 Å². The largest absolute Gasteiger partial charge is 0.491 e. The highest BCUT2D eigenvalue weighted by Crippen LogP contribution is 2.13. The van der Waals surface area contributed by atoms with E-state index in [1.807, 2.05) is 13.8 Å². The summed E-state index contributed by atoms with van der Waals surface area (Å²) in [4.78, 5) is 11.9. The monoisotopic (exact) mass is 302 g/mol. The number of methoxy groups -OCH3 is 1. The Kier molecular flexibility index (Phi) is 8.22. The third kappa shape index (κ3) is 7.33. The number of hydrogen-bond acceptors (Lipinski definition) is 4. The summed E-state index contributed by atoms with van der Waals surface area (Å²) in [7, 11) is 1.61. The first-order chi connectivity index (χ1) is 8.92. The van der Waals surface area contributed by atoms with Crippen molar-refractivity contribution in [2.24, 2.45) is 5.73 Å². The van der Waals surface area contributed by atoms with Gasteiger partial charge in [0.25, 0.3) is 5.91 Å². The Morgan fingerprint density at radius 2 is 2.05 bits per heavy atom. The normalized spacial score (nSPS) is 10.6. The van der Waals surface area contributed by atoms with E-state index in [0.717, 1.165) is 0 Å². The van der Waals surface area contributed by atoms with Crippen LogP contribution in [0.1, 0.15) is 24.2 Å². The molecule has 0 fully saturated rings. The number of nitrogens with one attached hydrogen (secondary N) is 1. The maximum Gasteiger partial charge on any atom is 0.251 e. The van der Waals surface area contributed by atoms with Crippen LogP contribution in [0.15, 0.2) is 24.3 Å². The van der Waals surface area contributed by atoms with Crippen LogP contribution in [0.5, 0.6) is 5.75 Å². The highest BCUT2D eigenvalue weighted by molar-refractivity contribution is 5.94. The van der Waals surface area contributed by atoms with E-state index in [2.05, 4.69) is 5.32 Å². The molecule has 0 aliphatic heterocycles. The van der Waals surface area contributed by atoms with Crippen molar-refractivity contribution in [3.05, 3.63) is 29.8 Å². The number of hydrogen-bond donors (Lipinski definition) is 2. The van der Waals surface area contributed by atoms with E-state index in [4.69, 9.17) is 15.2 Å². The molecule has 0 spiro atoms. The van der Waals surface area contributed by atoms with E-state index < -0.39 is 5.54 Å². The Morgan fingerprint density at radius 3 is 2.65 bits per heavy atom. The number of carbonyl (C=O) groups is 1. The SMILES string of the molecule is COCCOc1cccc(C(=O)NCC(C)(C)N)c1.Cl. The predicted molar refractivity (Wildman–Crippen MR) is 81.7 cm³/mol. The van der Waals surface area contributed by atoms with Gasteiger partial charge in [-0.25, -0.2) is 0 Å². The fourth-order valence-corrected chi connectivity index (χ4v) is 1.38. The topological polar surface area (TPSA) is 73.6 Å². The summed E-state index contributed by atoms with van der Waals surface area (Å²) in [5.41, 5.74) is 5.95. The number of rotatable bonds is 7. The molecular formula is C14H23ClN2O3. The van der Waals surface area contributed by atoms with Gasteiger partial charge in [-0.1, -0.05) is 6.07 Å². The molecule has 5 nitrogen and oxygen atoms in total. The smallest absolute Gasteiger partial charge is 0.251 e. The summed E-state index contributed by atoms with van der Waals surface area (Å²) in [6.07, 6.45) is 0. The van der Waals surface area contributed by atoms with Crippen molar-refractivity contribution in [2.45, 2.75) is 19.4 Å². The molecule has 1 aromatic carbocycles. The molecule has 1 aromatic rings. The van der Waals surface area contributed by atoms with Crippen LogP contribution in [0.4, 0.5) is 0 Å². The van der Waals surface area contributed by atoms with Crippen molar-refractivity contribution in [3.63, 3.8) is 0 Å². The van der Waals surface area contributed by atoms with E-state index in [9.17, 15) is 4.79 Å². The molecular weight excluding hydrogens is 280 g/mol. The van der Waals surface area contributed by atoms with Crippen molar-refractivity contribution in [1.82, 2.24) is 5.32 Å². The molecule has 0 radical (unpaired) electrons. The minimum absolute atomic E-state index is 0. The van der Waals surface area contributed by atoms with Gasteiger partial charge in [0, 0.05) is 24.8 Å². The van der Waals surface area contributed by atoms with Crippen molar-refractivity contribution in [3.8, 4) is 5.75 Å². The molecule has 20 heavy (non-hydrogen) atoms. The van der Waals surface area contributed by atoms with Gasteiger partial charge in [0.05, 0.1) is 6.61 Å². The number of benzene rings is 1. The average molecular weight is 303 g/mol. The van der Waals surface area contributed by atoms with Crippen LogP contribution in [0, 0.1) is 0 Å². The molecule has 0 heterocycles. The van der Waals surface area contributed by atoms with Gasteiger partial charge >= 0.3 is 0 Å². The molecule has 6 heteroatoms. The van der Waals surface area contributed by atoms with E-state index >= 15 is 0 Å². The first kappa shape index (κ1) is 18.7. The van der Waals surface area contributed by atoms with Crippen LogP contribution in [0.3, 0.4) is 0 Å². The number of carbonyl (C=O) groups excluding carboxylic acids is 1. The lowest BCUT2D eigenvalue weighted by Gasteiger charge is -2.19. The summed E-state index contributed by atoms with van der Waals surface area (Å²) in [5.74, 6) is 0.493. The van der Waals surface area contributed by atoms with Crippen LogP contribution in [0.2, 0.25) is 0 Å². The molecule has 0 aliphatic carbocycles. The fraction of sp³-hybridized carbons (Fsp3) is 0.500. The lowest BCUT2D eigenvalue weighted by Crippen LogP contribution is -2.45. The Hall–Kier alpha value is -1.30. The maximum atomic E-state index is 11.9. The molecule has 0 aromatic heterocycles. The third-order valence-electron chi connectivity index (χ3n) is 2.36. The Bertz CT molecular complexity index is 419. The van der Waals surface area contributed by atoms with Crippen LogP contribution >= 0.6 is 12.4 Å². The highest BCUT2D eigenvalue weighted by atomic mass is 35.5. The van der Waals surface area contributed by atoms with Crippen LogP contribution in [0.25, 0.3) is 0 Å². The van der Waals surface area contributed by atoms with Gasteiger partial charge in [0.1, 0.15) is 12.4 Å².